The molecule has 1 aromatic heterocycles. The summed E-state index contributed by atoms with van der Waals surface area (Å²) in [5.41, 5.74) is 1.16. The molecule has 0 aliphatic carbocycles. The number of hydrogen-bond donors (Lipinski definition) is 0. The van der Waals surface area contributed by atoms with Gasteiger partial charge in [-0.05, 0) is 30.0 Å². The van der Waals surface area contributed by atoms with Gasteiger partial charge in [-0.15, -0.1) is 0 Å². The van der Waals surface area contributed by atoms with Crippen molar-refractivity contribution in [3.05, 3.63) is 36.2 Å². The van der Waals surface area contributed by atoms with Crippen LogP contribution in [0.4, 0.5) is 0 Å². The molecule has 1 heterocycles. The number of nitrogens with zero attached hydrogens (tertiary/aromatic N) is 1. The van der Waals surface area contributed by atoms with Crippen molar-refractivity contribution in [3.8, 4) is 5.75 Å². The van der Waals surface area contributed by atoms with Crippen molar-refractivity contribution in [2.75, 3.05) is 7.11 Å². The van der Waals surface area contributed by atoms with Gasteiger partial charge in [-0.1, -0.05) is 19.4 Å². The average Bonchev–Trinajstić information content (AvgIpc) is 2.29. The molecule has 0 aliphatic rings. The standard InChI is InChI=1S/C13H15NO/c1-3-4-13-12-9-11(15-2)6-5-10(12)7-8-14-13/h5-9H,3-4H2,1-2H3. The van der Waals surface area contributed by atoms with Crippen LogP contribution in [0.15, 0.2) is 30.5 Å². The summed E-state index contributed by atoms with van der Waals surface area (Å²) in [5.74, 6) is 0.896. The lowest BCUT2D eigenvalue weighted by atomic mass is 10.1. The van der Waals surface area contributed by atoms with Crippen LogP contribution in [0.2, 0.25) is 0 Å². The molecule has 0 unspecified atom stereocenters. The quantitative estimate of drug-likeness (QED) is 0.760. The highest BCUT2D eigenvalue weighted by molar-refractivity contribution is 5.85. The second-order valence-corrected chi connectivity index (χ2v) is 3.59. The van der Waals surface area contributed by atoms with E-state index in [0.717, 1.165) is 24.3 Å². The van der Waals surface area contributed by atoms with Crippen molar-refractivity contribution < 1.29 is 4.74 Å². The van der Waals surface area contributed by atoms with E-state index in [1.165, 1.54) is 10.8 Å². The lowest BCUT2D eigenvalue weighted by molar-refractivity contribution is 0.415. The van der Waals surface area contributed by atoms with Gasteiger partial charge in [0.15, 0.2) is 0 Å². The fraction of sp³-hybridized carbons (Fsp3) is 0.308. The maximum absolute atomic E-state index is 5.23. The number of hydrogen-bond acceptors (Lipinski definition) is 2. The minimum atomic E-state index is 0.896. The molecule has 2 nitrogen and oxygen atoms in total. The van der Waals surface area contributed by atoms with Gasteiger partial charge in [-0.2, -0.15) is 0 Å². The first-order valence-electron chi connectivity index (χ1n) is 5.26. The number of ether oxygens (including phenoxy) is 1. The maximum atomic E-state index is 5.23. The predicted octanol–water partition coefficient (Wildman–Crippen LogP) is 3.20. The predicted molar refractivity (Wildman–Crippen MR) is 62.3 cm³/mol. The number of pyridine rings is 1. The summed E-state index contributed by atoms with van der Waals surface area (Å²) in [4.78, 5) is 4.42. The Kier molecular flexibility index (Phi) is 2.86. The Balaban J connectivity index is 2.59. The van der Waals surface area contributed by atoms with E-state index in [0.29, 0.717) is 0 Å². The van der Waals surface area contributed by atoms with E-state index >= 15 is 0 Å². The second kappa shape index (κ2) is 4.30. The third-order valence-electron chi connectivity index (χ3n) is 2.54. The third kappa shape index (κ3) is 1.94. The van der Waals surface area contributed by atoms with E-state index in [1.54, 1.807) is 7.11 Å². The molecule has 0 saturated heterocycles. The van der Waals surface area contributed by atoms with Crippen LogP contribution in [0.1, 0.15) is 19.0 Å². The molecule has 0 saturated carbocycles. The Hall–Kier alpha value is -1.57. The number of benzene rings is 1. The summed E-state index contributed by atoms with van der Waals surface area (Å²) in [6.07, 6.45) is 4.01. The number of methoxy groups -OCH3 is 1. The molecule has 0 spiro atoms. The zero-order valence-electron chi connectivity index (χ0n) is 9.16. The summed E-state index contributed by atoms with van der Waals surface area (Å²) in [6.45, 7) is 2.17. The molecule has 0 N–H and O–H groups in total. The van der Waals surface area contributed by atoms with Crippen LogP contribution in [0.5, 0.6) is 5.75 Å². The molecule has 2 aromatic rings. The van der Waals surface area contributed by atoms with E-state index in [4.69, 9.17) is 4.74 Å². The Morgan fingerprint density at radius 2 is 2.13 bits per heavy atom. The van der Waals surface area contributed by atoms with E-state index in [1.807, 2.05) is 18.3 Å². The van der Waals surface area contributed by atoms with Gasteiger partial charge in [0.2, 0.25) is 0 Å². The molecule has 0 bridgehead atoms. The third-order valence-corrected chi connectivity index (χ3v) is 2.54. The molecule has 0 radical (unpaired) electrons. The molecule has 0 atom stereocenters. The molecular formula is C13H15NO. The topological polar surface area (TPSA) is 22.1 Å². The fourth-order valence-electron chi connectivity index (χ4n) is 1.77. The van der Waals surface area contributed by atoms with Gasteiger partial charge in [-0.25, -0.2) is 0 Å². The van der Waals surface area contributed by atoms with Crippen LogP contribution in [0.3, 0.4) is 0 Å². The summed E-state index contributed by atoms with van der Waals surface area (Å²) in [6, 6.07) is 8.16. The molecule has 15 heavy (non-hydrogen) atoms. The minimum Gasteiger partial charge on any atom is -0.497 e. The number of aromatic nitrogens is 1. The Labute approximate surface area is 89.9 Å². The Morgan fingerprint density at radius 1 is 1.27 bits per heavy atom. The molecular weight excluding hydrogens is 186 g/mol. The maximum Gasteiger partial charge on any atom is 0.119 e. The van der Waals surface area contributed by atoms with E-state index in [2.05, 4.69) is 24.0 Å². The van der Waals surface area contributed by atoms with Crippen molar-refractivity contribution in [1.29, 1.82) is 0 Å². The highest BCUT2D eigenvalue weighted by Crippen LogP contribution is 2.23. The van der Waals surface area contributed by atoms with Crippen molar-refractivity contribution in [2.45, 2.75) is 19.8 Å². The van der Waals surface area contributed by atoms with Crippen LogP contribution in [-0.4, -0.2) is 12.1 Å². The fourth-order valence-corrected chi connectivity index (χ4v) is 1.77. The first kappa shape index (κ1) is 9.97. The van der Waals surface area contributed by atoms with Gasteiger partial charge in [0.1, 0.15) is 5.75 Å². The van der Waals surface area contributed by atoms with Crippen molar-refractivity contribution in [1.82, 2.24) is 4.98 Å². The summed E-state index contributed by atoms with van der Waals surface area (Å²) >= 11 is 0. The van der Waals surface area contributed by atoms with Gasteiger partial charge in [-0.3, -0.25) is 4.98 Å². The van der Waals surface area contributed by atoms with E-state index < -0.39 is 0 Å². The summed E-state index contributed by atoms with van der Waals surface area (Å²) < 4.78 is 5.23. The lowest BCUT2D eigenvalue weighted by Gasteiger charge is -2.06. The molecule has 0 amide bonds. The molecule has 2 heteroatoms. The second-order valence-electron chi connectivity index (χ2n) is 3.59. The van der Waals surface area contributed by atoms with Crippen LogP contribution < -0.4 is 4.74 Å². The highest BCUT2D eigenvalue weighted by Gasteiger charge is 2.02. The van der Waals surface area contributed by atoms with Crippen molar-refractivity contribution in [2.24, 2.45) is 0 Å². The van der Waals surface area contributed by atoms with E-state index in [9.17, 15) is 0 Å². The molecule has 0 fully saturated rings. The zero-order chi connectivity index (χ0) is 10.7. The molecule has 1 aromatic carbocycles. The number of fused-ring (bicyclic) bond motifs is 1. The van der Waals surface area contributed by atoms with Crippen molar-refractivity contribution in [3.63, 3.8) is 0 Å². The number of aryl methyl sites for hydroxylation is 1. The van der Waals surface area contributed by atoms with Crippen LogP contribution >= 0.6 is 0 Å². The largest absolute Gasteiger partial charge is 0.497 e. The zero-order valence-corrected chi connectivity index (χ0v) is 9.16. The Morgan fingerprint density at radius 3 is 2.87 bits per heavy atom. The lowest BCUT2D eigenvalue weighted by Crippen LogP contribution is -1.91. The van der Waals surface area contributed by atoms with Gasteiger partial charge in [0, 0.05) is 17.3 Å². The van der Waals surface area contributed by atoms with Gasteiger partial charge >= 0.3 is 0 Å². The van der Waals surface area contributed by atoms with Gasteiger partial charge in [0.05, 0.1) is 7.11 Å². The molecule has 0 aliphatic heterocycles. The monoisotopic (exact) mass is 201 g/mol. The van der Waals surface area contributed by atoms with E-state index in [-0.39, 0.29) is 0 Å². The first-order chi connectivity index (χ1) is 7.35. The first-order valence-corrected chi connectivity index (χ1v) is 5.26. The summed E-state index contributed by atoms with van der Waals surface area (Å²) in [7, 11) is 1.69. The van der Waals surface area contributed by atoms with Gasteiger partial charge < -0.3 is 4.74 Å². The van der Waals surface area contributed by atoms with Crippen molar-refractivity contribution >= 4 is 10.8 Å². The summed E-state index contributed by atoms with van der Waals surface area (Å²) in [5, 5.41) is 2.44. The van der Waals surface area contributed by atoms with Gasteiger partial charge in [0.25, 0.3) is 0 Å². The minimum absolute atomic E-state index is 0.896. The highest BCUT2D eigenvalue weighted by atomic mass is 16.5. The average molecular weight is 201 g/mol. The normalized spacial score (nSPS) is 10.5. The molecule has 2 rings (SSSR count). The Bertz CT molecular complexity index is 465. The van der Waals surface area contributed by atoms with Crippen LogP contribution in [0, 0.1) is 0 Å². The molecule has 78 valence electrons. The smallest absolute Gasteiger partial charge is 0.119 e. The number of rotatable bonds is 3. The van der Waals surface area contributed by atoms with Crippen LogP contribution in [0.25, 0.3) is 10.8 Å². The SMILES string of the molecule is CCCc1nccc2ccc(OC)cc12. The van der Waals surface area contributed by atoms with Crippen LogP contribution in [-0.2, 0) is 6.42 Å².